The van der Waals surface area contributed by atoms with Crippen molar-refractivity contribution >= 4 is 33.5 Å². The van der Waals surface area contributed by atoms with Crippen LogP contribution in [0.2, 0.25) is 0 Å². The summed E-state index contributed by atoms with van der Waals surface area (Å²) in [6.45, 7) is 2.47. The molecular formula is C24H23BrF3N3O4. The van der Waals surface area contributed by atoms with Gasteiger partial charge in [0, 0.05) is 40.7 Å². The van der Waals surface area contributed by atoms with Crippen LogP contribution in [0.4, 0.5) is 18.9 Å². The van der Waals surface area contributed by atoms with Crippen molar-refractivity contribution in [3.05, 3.63) is 94.2 Å². The van der Waals surface area contributed by atoms with Gasteiger partial charge >= 0.3 is 12.1 Å². The molecule has 2 aromatic carbocycles. The van der Waals surface area contributed by atoms with Gasteiger partial charge in [0.15, 0.2) is 0 Å². The molecule has 1 amide bonds. The first-order chi connectivity index (χ1) is 16.5. The summed E-state index contributed by atoms with van der Waals surface area (Å²) in [6.07, 6.45) is -2.50. The van der Waals surface area contributed by atoms with E-state index < -0.39 is 18.2 Å². The fourth-order valence-corrected chi connectivity index (χ4v) is 3.37. The first-order valence-electron chi connectivity index (χ1n) is 10.3. The Kier molecular flexibility index (Phi) is 10.4. The summed E-state index contributed by atoms with van der Waals surface area (Å²) < 4.78 is 32.6. The second-order valence-corrected chi connectivity index (χ2v) is 8.14. The Morgan fingerprint density at radius 1 is 1.03 bits per heavy atom. The number of carboxylic acids is 1. The fraction of sp³-hybridized carbons (Fsp3) is 0.208. The normalized spacial score (nSPS) is 12.6. The number of carbonyl (C=O) groups excluding carboxylic acids is 1. The molecule has 2 unspecified atom stereocenters. The van der Waals surface area contributed by atoms with Crippen LogP contribution >= 0.6 is 15.9 Å². The van der Waals surface area contributed by atoms with Gasteiger partial charge < -0.3 is 20.8 Å². The van der Waals surface area contributed by atoms with Crippen molar-refractivity contribution in [1.29, 1.82) is 0 Å². The average Bonchev–Trinajstić information content (AvgIpc) is 2.83. The highest BCUT2D eigenvalue weighted by molar-refractivity contribution is 9.10. The molecule has 0 aliphatic carbocycles. The quantitative estimate of drug-likeness (QED) is 0.323. The molecule has 3 rings (SSSR count). The molecule has 7 nitrogen and oxygen atoms in total. The molecule has 0 aliphatic rings. The third-order valence-corrected chi connectivity index (χ3v) is 5.46. The van der Waals surface area contributed by atoms with E-state index in [1.54, 1.807) is 24.5 Å². The topological polar surface area (TPSA) is 112 Å². The van der Waals surface area contributed by atoms with Crippen LogP contribution in [0.1, 0.15) is 40.6 Å². The summed E-state index contributed by atoms with van der Waals surface area (Å²) >= 11 is 3.47. The van der Waals surface area contributed by atoms with Crippen LogP contribution in [-0.4, -0.2) is 39.8 Å². The number of aromatic nitrogens is 1. The van der Waals surface area contributed by atoms with Gasteiger partial charge in [-0.05, 0) is 48.4 Å². The number of aliphatic hydroxyl groups is 1. The molecule has 0 fully saturated rings. The third kappa shape index (κ3) is 9.12. The van der Waals surface area contributed by atoms with Gasteiger partial charge in [0.1, 0.15) is 0 Å². The zero-order valence-corrected chi connectivity index (χ0v) is 20.0. The van der Waals surface area contributed by atoms with Crippen molar-refractivity contribution in [2.24, 2.45) is 0 Å². The Hall–Kier alpha value is -3.28. The Morgan fingerprint density at radius 2 is 1.60 bits per heavy atom. The molecule has 0 bridgehead atoms. The predicted octanol–water partition coefficient (Wildman–Crippen LogP) is 5.11. The summed E-state index contributed by atoms with van der Waals surface area (Å²) in [5.41, 5.74) is 3.22. The Balaban J connectivity index is 0.000000540. The molecule has 2 atom stereocenters. The molecule has 4 N–H and O–H groups in total. The van der Waals surface area contributed by atoms with Gasteiger partial charge in [-0.3, -0.25) is 9.78 Å². The van der Waals surface area contributed by atoms with Gasteiger partial charge in [-0.15, -0.1) is 0 Å². The van der Waals surface area contributed by atoms with E-state index in [9.17, 15) is 23.1 Å². The Bertz CT molecular complexity index is 1110. The maximum atomic E-state index is 12.2. The molecule has 0 aliphatic heterocycles. The number of pyridine rings is 1. The number of aliphatic hydroxyl groups excluding tert-OH is 1. The molecule has 0 saturated heterocycles. The number of carbonyl (C=O) groups is 2. The summed E-state index contributed by atoms with van der Waals surface area (Å²) in [5.74, 6) is -2.93. The standard InChI is InChI=1S/C22H22BrN3O2.C2HF3O2/c1-15(25-14-21(27)19-4-2-3-5-20(19)23)16-6-8-18(9-7-16)26-22(28)17-10-12-24-13-11-17;3-2(4,5)1(6)7/h2-13,15,21,25,27H,14H2,1H3,(H,26,28);(H,6,7). The fourth-order valence-electron chi connectivity index (χ4n) is 2.82. The maximum Gasteiger partial charge on any atom is 0.490 e. The number of halogens is 4. The number of nitrogens with zero attached hydrogens (tertiary/aromatic N) is 1. The number of benzene rings is 2. The molecule has 1 aromatic heterocycles. The van der Waals surface area contributed by atoms with E-state index in [1.807, 2.05) is 55.5 Å². The highest BCUT2D eigenvalue weighted by atomic mass is 79.9. The molecule has 0 spiro atoms. The molecule has 1 heterocycles. The van der Waals surface area contributed by atoms with Gasteiger partial charge in [0.2, 0.25) is 0 Å². The van der Waals surface area contributed by atoms with E-state index in [-0.39, 0.29) is 11.9 Å². The summed E-state index contributed by atoms with van der Waals surface area (Å²) in [4.78, 5) is 25.0. The monoisotopic (exact) mass is 553 g/mol. The van der Waals surface area contributed by atoms with Gasteiger partial charge in [0.25, 0.3) is 5.91 Å². The molecule has 0 saturated carbocycles. The number of rotatable bonds is 7. The minimum atomic E-state index is -5.08. The van der Waals surface area contributed by atoms with Crippen LogP contribution in [0.25, 0.3) is 0 Å². The van der Waals surface area contributed by atoms with Gasteiger partial charge in [-0.2, -0.15) is 13.2 Å². The highest BCUT2D eigenvalue weighted by Gasteiger charge is 2.38. The number of amides is 1. The summed E-state index contributed by atoms with van der Waals surface area (Å²) in [6, 6.07) is 18.7. The molecule has 0 radical (unpaired) electrons. The van der Waals surface area contributed by atoms with E-state index in [0.29, 0.717) is 12.1 Å². The number of nitrogens with one attached hydrogen (secondary N) is 2. The van der Waals surface area contributed by atoms with Crippen molar-refractivity contribution in [1.82, 2.24) is 10.3 Å². The van der Waals surface area contributed by atoms with Crippen molar-refractivity contribution in [2.75, 3.05) is 11.9 Å². The smallest absolute Gasteiger partial charge is 0.475 e. The number of aliphatic carboxylic acids is 1. The van der Waals surface area contributed by atoms with Gasteiger partial charge in [0.05, 0.1) is 6.10 Å². The van der Waals surface area contributed by atoms with Crippen LogP contribution in [0.5, 0.6) is 0 Å². The first kappa shape index (κ1) is 28.0. The average molecular weight is 554 g/mol. The highest BCUT2D eigenvalue weighted by Crippen LogP contribution is 2.24. The molecule has 35 heavy (non-hydrogen) atoms. The largest absolute Gasteiger partial charge is 0.490 e. The van der Waals surface area contributed by atoms with Crippen molar-refractivity contribution < 1.29 is 33.0 Å². The zero-order chi connectivity index (χ0) is 26.0. The third-order valence-electron chi connectivity index (χ3n) is 4.74. The lowest BCUT2D eigenvalue weighted by atomic mass is 10.1. The first-order valence-corrected chi connectivity index (χ1v) is 11.1. The van der Waals surface area contributed by atoms with Crippen LogP contribution in [0.3, 0.4) is 0 Å². The lowest BCUT2D eigenvalue weighted by Crippen LogP contribution is -2.24. The SMILES string of the molecule is CC(NCC(O)c1ccccc1Br)c1ccc(NC(=O)c2ccncc2)cc1.O=C(O)C(F)(F)F. The summed E-state index contributed by atoms with van der Waals surface area (Å²) in [7, 11) is 0. The van der Waals surface area contributed by atoms with Crippen molar-refractivity contribution in [3.8, 4) is 0 Å². The second kappa shape index (κ2) is 13.0. The number of carboxylic acid groups (broad SMARTS) is 1. The van der Waals surface area contributed by atoms with Crippen LogP contribution in [0.15, 0.2) is 77.5 Å². The minimum Gasteiger partial charge on any atom is -0.475 e. The van der Waals surface area contributed by atoms with Crippen LogP contribution in [-0.2, 0) is 4.79 Å². The van der Waals surface area contributed by atoms with E-state index in [4.69, 9.17) is 9.90 Å². The van der Waals surface area contributed by atoms with Gasteiger partial charge in [-0.25, -0.2) is 4.79 Å². The maximum absolute atomic E-state index is 12.2. The number of anilines is 1. The minimum absolute atomic E-state index is 0.0575. The van der Waals surface area contributed by atoms with E-state index in [1.165, 1.54) is 0 Å². The lowest BCUT2D eigenvalue weighted by Gasteiger charge is -2.19. The van der Waals surface area contributed by atoms with Crippen molar-refractivity contribution in [3.63, 3.8) is 0 Å². The van der Waals surface area contributed by atoms with E-state index >= 15 is 0 Å². The Morgan fingerprint density at radius 3 is 2.14 bits per heavy atom. The summed E-state index contributed by atoms with van der Waals surface area (Å²) in [5, 5.41) is 23.7. The molecule has 3 aromatic rings. The van der Waals surface area contributed by atoms with E-state index in [0.717, 1.165) is 21.3 Å². The zero-order valence-electron chi connectivity index (χ0n) is 18.5. The molecule has 11 heteroatoms. The van der Waals surface area contributed by atoms with Gasteiger partial charge in [-0.1, -0.05) is 46.3 Å². The number of hydrogen-bond donors (Lipinski definition) is 4. The van der Waals surface area contributed by atoms with Crippen molar-refractivity contribution in [2.45, 2.75) is 25.2 Å². The van der Waals surface area contributed by atoms with E-state index in [2.05, 4.69) is 31.5 Å². The second-order valence-electron chi connectivity index (χ2n) is 7.28. The lowest BCUT2D eigenvalue weighted by molar-refractivity contribution is -0.192. The number of alkyl halides is 3. The molecular weight excluding hydrogens is 531 g/mol. The number of hydrogen-bond acceptors (Lipinski definition) is 5. The molecule has 186 valence electrons. The van der Waals surface area contributed by atoms with Crippen LogP contribution in [0, 0.1) is 0 Å². The Labute approximate surface area is 208 Å². The predicted molar refractivity (Wildman–Crippen MR) is 128 cm³/mol. The van der Waals surface area contributed by atoms with Crippen LogP contribution < -0.4 is 10.6 Å².